The highest BCUT2D eigenvalue weighted by atomic mass is 16.6. The lowest BCUT2D eigenvalue weighted by molar-refractivity contribution is -0.145. The van der Waals surface area contributed by atoms with E-state index in [4.69, 9.17) is 9.47 Å². The van der Waals surface area contributed by atoms with Crippen molar-refractivity contribution in [3.8, 4) is 5.75 Å². The van der Waals surface area contributed by atoms with E-state index in [9.17, 15) is 9.59 Å². The number of carbonyl (C=O) groups excluding carboxylic acids is 2. The summed E-state index contributed by atoms with van der Waals surface area (Å²) in [4.78, 5) is 24.9. The summed E-state index contributed by atoms with van der Waals surface area (Å²) in [5.74, 6) is 0.506. The van der Waals surface area contributed by atoms with Crippen LogP contribution in [0.15, 0.2) is 54.6 Å². The fourth-order valence-corrected chi connectivity index (χ4v) is 4.96. The first-order valence-electron chi connectivity index (χ1n) is 9.47. The molecule has 2 aliphatic carbocycles. The normalized spacial score (nSPS) is 30.2. The van der Waals surface area contributed by atoms with Gasteiger partial charge in [0.15, 0.2) is 0 Å². The summed E-state index contributed by atoms with van der Waals surface area (Å²) in [7, 11) is 0. The zero-order valence-electron chi connectivity index (χ0n) is 14.8. The number of ether oxygens (including phenoxy) is 2. The van der Waals surface area contributed by atoms with E-state index >= 15 is 0 Å². The first-order chi connectivity index (χ1) is 13.2. The number of carbonyl (C=O) groups is 2. The molecule has 2 bridgehead atoms. The van der Waals surface area contributed by atoms with Crippen molar-refractivity contribution in [2.24, 2.45) is 23.7 Å². The van der Waals surface area contributed by atoms with Crippen LogP contribution in [0.2, 0.25) is 0 Å². The first kappa shape index (κ1) is 16.4. The molecule has 5 nitrogen and oxygen atoms in total. The predicted octanol–water partition coefficient (Wildman–Crippen LogP) is 3.40. The summed E-state index contributed by atoms with van der Waals surface area (Å²) in [6.45, 7) is 0.503. The molecule has 0 aromatic heterocycles. The second kappa shape index (κ2) is 6.41. The molecule has 138 valence electrons. The molecule has 2 saturated carbocycles. The molecular formula is C22H21NO4. The van der Waals surface area contributed by atoms with Crippen molar-refractivity contribution in [2.75, 3.05) is 5.32 Å². The summed E-state index contributed by atoms with van der Waals surface area (Å²) in [5.41, 5.74) is 1.82. The fraction of sp³-hybridized carbons (Fsp3) is 0.364. The van der Waals surface area contributed by atoms with Crippen LogP contribution in [0, 0.1) is 23.7 Å². The molecule has 1 saturated heterocycles. The molecule has 0 unspecified atom stereocenters. The first-order valence-corrected chi connectivity index (χ1v) is 9.47. The molecule has 0 radical (unpaired) electrons. The number of rotatable bonds is 5. The topological polar surface area (TPSA) is 64.6 Å². The minimum absolute atomic E-state index is 0.0533. The maximum Gasteiger partial charge on any atom is 0.310 e. The van der Waals surface area contributed by atoms with E-state index in [1.54, 1.807) is 0 Å². The van der Waals surface area contributed by atoms with Crippen molar-refractivity contribution in [3.05, 3.63) is 60.2 Å². The Morgan fingerprint density at radius 2 is 1.85 bits per heavy atom. The van der Waals surface area contributed by atoms with Crippen LogP contribution in [-0.2, 0) is 20.9 Å². The Balaban J connectivity index is 1.21. The van der Waals surface area contributed by atoms with Crippen LogP contribution in [0.3, 0.4) is 0 Å². The number of benzene rings is 2. The van der Waals surface area contributed by atoms with E-state index in [1.165, 1.54) is 0 Å². The van der Waals surface area contributed by atoms with Gasteiger partial charge >= 0.3 is 5.97 Å². The van der Waals surface area contributed by atoms with Gasteiger partial charge in [0.2, 0.25) is 5.91 Å². The Morgan fingerprint density at radius 3 is 2.63 bits per heavy atom. The van der Waals surface area contributed by atoms with Gasteiger partial charge in [0.05, 0.1) is 11.8 Å². The fourth-order valence-electron chi connectivity index (χ4n) is 4.96. The lowest BCUT2D eigenvalue weighted by atomic mass is 9.79. The van der Waals surface area contributed by atoms with Crippen molar-refractivity contribution >= 4 is 17.6 Å². The molecule has 1 N–H and O–H groups in total. The Morgan fingerprint density at radius 1 is 1.07 bits per heavy atom. The molecule has 1 heterocycles. The Labute approximate surface area is 157 Å². The molecule has 2 aromatic carbocycles. The van der Waals surface area contributed by atoms with Crippen LogP contribution in [-0.4, -0.2) is 18.0 Å². The quantitative estimate of drug-likeness (QED) is 0.827. The summed E-state index contributed by atoms with van der Waals surface area (Å²) >= 11 is 0. The van der Waals surface area contributed by atoms with Gasteiger partial charge in [-0.3, -0.25) is 9.59 Å². The minimum Gasteiger partial charge on any atom is -0.489 e. The largest absolute Gasteiger partial charge is 0.489 e. The number of anilines is 1. The zero-order valence-corrected chi connectivity index (χ0v) is 14.8. The number of fused-ring (bicyclic) bond motifs is 1. The van der Waals surface area contributed by atoms with Crippen LogP contribution < -0.4 is 10.1 Å². The lowest BCUT2D eigenvalue weighted by Gasteiger charge is -2.23. The second-order valence-electron chi connectivity index (χ2n) is 7.71. The van der Waals surface area contributed by atoms with Crippen LogP contribution in [0.4, 0.5) is 5.69 Å². The van der Waals surface area contributed by atoms with E-state index in [0.717, 1.165) is 29.8 Å². The number of hydrogen-bond acceptors (Lipinski definition) is 4. The van der Waals surface area contributed by atoms with Gasteiger partial charge < -0.3 is 14.8 Å². The molecule has 3 aliphatic rings. The number of esters is 1. The summed E-state index contributed by atoms with van der Waals surface area (Å²) in [5, 5.41) is 2.97. The third-order valence-corrected chi connectivity index (χ3v) is 6.16. The molecule has 27 heavy (non-hydrogen) atoms. The van der Waals surface area contributed by atoms with E-state index in [0.29, 0.717) is 6.61 Å². The number of amides is 1. The Bertz CT molecular complexity index is 862. The Hall–Kier alpha value is -2.82. The van der Waals surface area contributed by atoms with Crippen LogP contribution in [0.1, 0.15) is 18.4 Å². The monoisotopic (exact) mass is 363 g/mol. The van der Waals surface area contributed by atoms with Gasteiger partial charge in [-0.15, -0.1) is 0 Å². The molecule has 3 fully saturated rings. The van der Waals surface area contributed by atoms with Crippen LogP contribution >= 0.6 is 0 Å². The van der Waals surface area contributed by atoms with Gasteiger partial charge in [-0.2, -0.15) is 0 Å². The van der Waals surface area contributed by atoms with Gasteiger partial charge in [0, 0.05) is 11.6 Å². The van der Waals surface area contributed by atoms with E-state index < -0.39 is 0 Å². The second-order valence-corrected chi connectivity index (χ2v) is 7.71. The maximum atomic E-state index is 12.8. The third kappa shape index (κ3) is 2.87. The van der Waals surface area contributed by atoms with Gasteiger partial charge in [-0.1, -0.05) is 30.3 Å². The number of nitrogens with one attached hydrogen (secondary N) is 1. The van der Waals surface area contributed by atoms with Crippen molar-refractivity contribution in [1.29, 1.82) is 0 Å². The predicted molar refractivity (Wildman–Crippen MR) is 98.9 cm³/mol. The van der Waals surface area contributed by atoms with E-state index in [2.05, 4.69) is 5.32 Å². The molecule has 0 spiro atoms. The Kier molecular flexibility index (Phi) is 3.88. The number of hydrogen-bond donors (Lipinski definition) is 1. The van der Waals surface area contributed by atoms with E-state index in [-0.39, 0.29) is 41.7 Å². The van der Waals surface area contributed by atoms with Crippen LogP contribution in [0.25, 0.3) is 0 Å². The third-order valence-electron chi connectivity index (χ3n) is 6.16. The van der Waals surface area contributed by atoms with Gasteiger partial charge in [0.25, 0.3) is 0 Å². The molecule has 5 atom stereocenters. The summed E-state index contributed by atoms with van der Waals surface area (Å²) < 4.78 is 11.2. The SMILES string of the molecule is O=C(Nc1ccc(OCc2ccccc2)cc1)[C@H]1[C@H]2C[C@@H]3[C@@H]1C(=O)O[C@H]3C2. The zero-order chi connectivity index (χ0) is 18.4. The summed E-state index contributed by atoms with van der Waals surface area (Å²) in [6.07, 6.45) is 1.82. The molecular weight excluding hydrogens is 342 g/mol. The molecule has 2 aromatic rings. The van der Waals surface area contributed by atoms with Crippen molar-refractivity contribution in [2.45, 2.75) is 25.6 Å². The molecule has 1 amide bonds. The summed E-state index contributed by atoms with van der Waals surface area (Å²) in [6, 6.07) is 17.3. The van der Waals surface area contributed by atoms with Gasteiger partial charge in [-0.05, 0) is 48.6 Å². The molecule has 5 heteroatoms. The van der Waals surface area contributed by atoms with Gasteiger partial charge in [-0.25, -0.2) is 0 Å². The minimum atomic E-state index is -0.254. The lowest BCUT2D eigenvalue weighted by Crippen LogP contribution is -2.35. The van der Waals surface area contributed by atoms with Crippen molar-refractivity contribution in [3.63, 3.8) is 0 Å². The van der Waals surface area contributed by atoms with Gasteiger partial charge in [0.1, 0.15) is 18.5 Å². The smallest absolute Gasteiger partial charge is 0.310 e. The average molecular weight is 363 g/mol. The van der Waals surface area contributed by atoms with Crippen molar-refractivity contribution in [1.82, 2.24) is 0 Å². The molecule has 5 rings (SSSR count). The highest BCUT2D eigenvalue weighted by Crippen LogP contribution is 2.57. The highest BCUT2D eigenvalue weighted by Gasteiger charge is 2.63. The maximum absolute atomic E-state index is 12.8. The molecule has 1 aliphatic heterocycles. The standard InChI is InChI=1S/C22H21NO4/c24-21(19-14-10-17-18(11-14)27-22(25)20(17)19)23-15-6-8-16(9-7-15)26-12-13-4-2-1-3-5-13/h1-9,14,17-20H,10-12H2,(H,23,24)/t14-,17-,18-,19-,20-/m0/s1. The van der Waals surface area contributed by atoms with Crippen molar-refractivity contribution < 1.29 is 19.1 Å². The van der Waals surface area contributed by atoms with E-state index in [1.807, 2.05) is 54.6 Å². The van der Waals surface area contributed by atoms with Crippen LogP contribution in [0.5, 0.6) is 5.75 Å². The highest BCUT2D eigenvalue weighted by molar-refractivity contribution is 5.97. The average Bonchev–Trinajstić information content (AvgIpc) is 3.31.